The molecule has 0 aliphatic rings. The van der Waals surface area contributed by atoms with Gasteiger partial charge in [-0.1, -0.05) is 0 Å². The van der Waals surface area contributed by atoms with E-state index in [4.69, 9.17) is 4.42 Å². The lowest BCUT2D eigenvalue weighted by atomic mass is 10.3. The number of halogens is 3. The van der Waals surface area contributed by atoms with E-state index < -0.39 is 12.8 Å². The van der Waals surface area contributed by atoms with Crippen molar-refractivity contribution in [3.63, 3.8) is 0 Å². The van der Waals surface area contributed by atoms with E-state index in [0.29, 0.717) is 18.0 Å². The molecule has 1 rings (SSSR count). The van der Waals surface area contributed by atoms with E-state index in [-0.39, 0.29) is 13.0 Å². The fourth-order valence-corrected chi connectivity index (χ4v) is 1.16. The van der Waals surface area contributed by atoms with E-state index in [2.05, 4.69) is 15.0 Å². The van der Waals surface area contributed by atoms with Crippen LogP contribution in [0.15, 0.2) is 10.8 Å². The van der Waals surface area contributed by atoms with Crippen molar-refractivity contribution in [1.82, 2.24) is 10.3 Å². The van der Waals surface area contributed by atoms with Gasteiger partial charge in [0.1, 0.15) is 12.4 Å². The minimum atomic E-state index is -4.28. The smallest absolute Gasteiger partial charge is 0.411 e. The van der Waals surface area contributed by atoms with Crippen LogP contribution in [-0.2, 0) is 17.7 Å². The summed E-state index contributed by atoms with van der Waals surface area (Å²) in [6, 6.07) is 0. The Morgan fingerprint density at radius 3 is 2.88 bits per heavy atom. The van der Waals surface area contributed by atoms with Gasteiger partial charge in [0.25, 0.3) is 0 Å². The van der Waals surface area contributed by atoms with E-state index in [9.17, 15) is 13.2 Å². The first-order valence-corrected chi connectivity index (χ1v) is 4.73. The van der Waals surface area contributed by atoms with Crippen LogP contribution in [0.25, 0.3) is 0 Å². The molecule has 1 heterocycles. The molecular formula is C9H13F3N2O2. The minimum Gasteiger partial charge on any atom is -0.448 e. The van der Waals surface area contributed by atoms with Gasteiger partial charge in [0.2, 0.25) is 0 Å². The van der Waals surface area contributed by atoms with Crippen molar-refractivity contribution in [3.05, 3.63) is 17.8 Å². The summed E-state index contributed by atoms with van der Waals surface area (Å²) in [6.07, 6.45) is -2.73. The lowest BCUT2D eigenvalue weighted by molar-refractivity contribution is -0.173. The van der Waals surface area contributed by atoms with Crippen LogP contribution in [0.5, 0.6) is 0 Å². The first kappa shape index (κ1) is 13.0. The Labute approximate surface area is 90.8 Å². The normalized spacial score (nSPS) is 12.0. The maximum atomic E-state index is 11.8. The second-order valence-electron chi connectivity index (χ2n) is 3.17. The van der Waals surface area contributed by atoms with Gasteiger partial charge < -0.3 is 14.5 Å². The number of nitrogens with one attached hydrogen (secondary N) is 1. The largest absolute Gasteiger partial charge is 0.448 e. The number of rotatable bonds is 6. The van der Waals surface area contributed by atoms with Crippen molar-refractivity contribution >= 4 is 0 Å². The molecule has 0 amide bonds. The van der Waals surface area contributed by atoms with Gasteiger partial charge in [-0.15, -0.1) is 0 Å². The van der Waals surface area contributed by atoms with Crippen LogP contribution in [0.1, 0.15) is 11.5 Å². The zero-order chi connectivity index (χ0) is 12.0. The standard InChI is InChI=1S/C9H13F3N2O2/c1-13-4-7-8(16-6-14-7)2-3-15-5-9(10,11)12/h6,13H,2-5H2,1H3. The van der Waals surface area contributed by atoms with Crippen LogP contribution in [0.2, 0.25) is 0 Å². The SMILES string of the molecule is CNCc1ncoc1CCOCC(F)(F)F. The Bertz CT molecular complexity index is 312. The average Bonchev–Trinajstić information content (AvgIpc) is 2.60. The number of ether oxygens (including phenoxy) is 1. The molecule has 1 N–H and O–H groups in total. The Hall–Kier alpha value is -1.08. The lowest BCUT2D eigenvalue weighted by Crippen LogP contribution is -2.18. The van der Waals surface area contributed by atoms with Crippen LogP contribution in [0.4, 0.5) is 13.2 Å². The van der Waals surface area contributed by atoms with Crippen LogP contribution >= 0.6 is 0 Å². The van der Waals surface area contributed by atoms with Crippen molar-refractivity contribution in [2.75, 3.05) is 20.3 Å². The van der Waals surface area contributed by atoms with E-state index >= 15 is 0 Å². The van der Waals surface area contributed by atoms with Crippen molar-refractivity contribution in [1.29, 1.82) is 0 Å². The first-order chi connectivity index (χ1) is 7.53. The van der Waals surface area contributed by atoms with E-state index in [1.807, 2.05) is 0 Å². The molecule has 0 saturated carbocycles. The van der Waals surface area contributed by atoms with E-state index in [1.54, 1.807) is 7.05 Å². The van der Waals surface area contributed by atoms with Crippen LogP contribution in [0.3, 0.4) is 0 Å². The molecule has 92 valence electrons. The molecule has 0 aromatic carbocycles. The lowest BCUT2D eigenvalue weighted by Gasteiger charge is -2.06. The van der Waals surface area contributed by atoms with Gasteiger partial charge in [-0.2, -0.15) is 13.2 Å². The van der Waals surface area contributed by atoms with Crippen molar-refractivity contribution in [2.45, 2.75) is 19.1 Å². The molecule has 0 atom stereocenters. The van der Waals surface area contributed by atoms with Gasteiger partial charge in [-0.05, 0) is 7.05 Å². The summed E-state index contributed by atoms with van der Waals surface area (Å²) in [5.74, 6) is 0.552. The molecule has 0 aliphatic heterocycles. The molecule has 0 radical (unpaired) electrons. The highest BCUT2D eigenvalue weighted by atomic mass is 19.4. The topological polar surface area (TPSA) is 47.3 Å². The third-order valence-electron chi connectivity index (χ3n) is 1.81. The zero-order valence-corrected chi connectivity index (χ0v) is 8.80. The molecule has 16 heavy (non-hydrogen) atoms. The van der Waals surface area contributed by atoms with Gasteiger partial charge in [0, 0.05) is 13.0 Å². The Morgan fingerprint density at radius 2 is 2.25 bits per heavy atom. The molecule has 0 fully saturated rings. The molecule has 0 saturated heterocycles. The molecule has 4 nitrogen and oxygen atoms in total. The predicted molar refractivity (Wildman–Crippen MR) is 49.8 cm³/mol. The number of hydrogen-bond donors (Lipinski definition) is 1. The summed E-state index contributed by atoms with van der Waals surface area (Å²) < 4.78 is 44.8. The molecule has 1 aromatic heterocycles. The Kier molecular flexibility index (Phi) is 4.75. The molecule has 1 aromatic rings. The van der Waals surface area contributed by atoms with Crippen LogP contribution in [0, 0.1) is 0 Å². The van der Waals surface area contributed by atoms with Gasteiger partial charge in [-0.25, -0.2) is 4.98 Å². The average molecular weight is 238 g/mol. The van der Waals surface area contributed by atoms with E-state index in [1.165, 1.54) is 6.39 Å². The number of oxazole rings is 1. The summed E-state index contributed by atoms with van der Waals surface area (Å²) >= 11 is 0. The maximum Gasteiger partial charge on any atom is 0.411 e. The van der Waals surface area contributed by atoms with E-state index in [0.717, 1.165) is 0 Å². The van der Waals surface area contributed by atoms with Gasteiger partial charge in [0.05, 0.1) is 12.3 Å². The van der Waals surface area contributed by atoms with Gasteiger partial charge in [0.15, 0.2) is 6.39 Å². The number of alkyl halides is 3. The summed E-state index contributed by atoms with van der Waals surface area (Å²) in [5.41, 5.74) is 0.693. The number of hydrogen-bond acceptors (Lipinski definition) is 4. The second kappa shape index (κ2) is 5.86. The fourth-order valence-electron chi connectivity index (χ4n) is 1.16. The van der Waals surface area contributed by atoms with Crippen LogP contribution in [-0.4, -0.2) is 31.4 Å². The second-order valence-corrected chi connectivity index (χ2v) is 3.17. The molecule has 0 aliphatic carbocycles. The first-order valence-electron chi connectivity index (χ1n) is 4.73. The maximum absolute atomic E-state index is 11.8. The molecule has 0 spiro atoms. The fraction of sp³-hybridized carbons (Fsp3) is 0.667. The summed E-state index contributed by atoms with van der Waals surface area (Å²) in [5, 5.41) is 2.88. The summed E-state index contributed by atoms with van der Waals surface area (Å²) in [7, 11) is 1.75. The van der Waals surface area contributed by atoms with Crippen molar-refractivity contribution < 1.29 is 22.3 Å². The minimum absolute atomic E-state index is 0.0363. The van der Waals surface area contributed by atoms with Crippen molar-refractivity contribution in [3.8, 4) is 0 Å². The highest BCUT2D eigenvalue weighted by molar-refractivity contribution is 5.06. The zero-order valence-electron chi connectivity index (χ0n) is 8.80. The number of nitrogens with zero attached hydrogens (tertiary/aromatic N) is 1. The monoisotopic (exact) mass is 238 g/mol. The molecule has 7 heteroatoms. The summed E-state index contributed by atoms with van der Waals surface area (Å²) in [4.78, 5) is 3.93. The molecular weight excluding hydrogens is 225 g/mol. The third kappa shape index (κ3) is 4.63. The Morgan fingerprint density at radius 1 is 1.50 bits per heavy atom. The Balaban J connectivity index is 2.29. The van der Waals surface area contributed by atoms with Crippen molar-refractivity contribution in [2.24, 2.45) is 0 Å². The van der Waals surface area contributed by atoms with Gasteiger partial charge >= 0.3 is 6.18 Å². The predicted octanol–water partition coefficient (Wildman–Crippen LogP) is 1.52. The number of aromatic nitrogens is 1. The highest BCUT2D eigenvalue weighted by Gasteiger charge is 2.27. The van der Waals surface area contributed by atoms with Gasteiger partial charge in [-0.3, -0.25) is 0 Å². The van der Waals surface area contributed by atoms with Crippen LogP contribution < -0.4 is 5.32 Å². The highest BCUT2D eigenvalue weighted by Crippen LogP contribution is 2.15. The summed E-state index contributed by atoms with van der Waals surface area (Å²) in [6.45, 7) is -0.751. The molecule has 0 bridgehead atoms. The third-order valence-corrected chi connectivity index (χ3v) is 1.81. The molecule has 0 unspecified atom stereocenters. The quantitative estimate of drug-likeness (QED) is 0.763.